The van der Waals surface area contributed by atoms with Gasteiger partial charge in [-0.05, 0) is 18.2 Å². The Balaban J connectivity index is 0.000000128. The Hall–Kier alpha value is -1.68. The van der Waals surface area contributed by atoms with Crippen LogP contribution in [0.25, 0.3) is 10.2 Å². The minimum atomic E-state index is 1.10. The lowest BCUT2D eigenvalue weighted by Gasteiger charge is -1.80. The van der Waals surface area contributed by atoms with Gasteiger partial charge in [-0.2, -0.15) is 5.10 Å². The van der Waals surface area contributed by atoms with Gasteiger partial charge in [0.15, 0.2) is 0 Å². The van der Waals surface area contributed by atoms with E-state index in [1.54, 1.807) is 23.7 Å². The number of aromatic amines is 1. The molecule has 14 heavy (non-hydrogen) atoms. The summed E-state index contributed by atoms with van der Waals surface area (Å²) in [5, 5.41) is 6.21. The quantitative estimate of drug-likeness (QED) is 0.610. The molecule has 2 heterocycles. The van der Waals surface area contributed by atoms with E-state index in [9.17, 15) is 0 Å². The molecule has 1 aromatic carbocycles. The molecule has 2 aromatic heterocycles. The monoisotopic (exact) mass is 203 g/mol. The number of H-pyrrole nitrogens is 1. The van der Waals surface area contributed by atoms with E-state index in [4.69, 9.17) is 0 Å². The third-order valence-electron chi connectivity index (χ3n) is 1.64. The summed E-state index contributed by atoms with van der Waals surface area (Å²) in [4.78, 5) is 4.14. The van der Waals surface area contributed by atoms with E-state index in [-0.39, 0.29) is 0 Å². The maximum Gasteiger partial charge on any atom is 0.0812 e. The van der Waals surface area contributed by atoms with Gasteiger partial charge in [0, 0.05) is 12.4 Å². The van der Waals surface area contributed by atoms with Gasteiger partial charge < -0.3 is 0 Å². The zero-order valence-corrected chi connectivity index (χ0v) is 8.24. The van der Waals surface area contributed by atoms with Gasteiger partial charge in [-0.25, -0.2) is 4.98 Å². The van der Waals surface area contributed by atoms with Crippen molar-refractivity contribution in [2.24, 2.45) is 0 Å². The van der Waals surface area contributed by atoms with Crippen LogP contribution in [-0.4, -0.2) is 15.2 Å². The number of nitrogens with one attached hydrogen (secondary N) is 1. The van der Waals surface area contributed by atoms with Gasteiger partial charge in [-0.1, -0.05) is 12.1 Å². The lowest BCUT2D eigenvalue weighted by atomic mass is 10.3. The fourth-order valence-electron chi connectivity index (χ4n) is 1.02. The molecule has 0 saturated heterocycles. The molecule has 0 aliphatic heterocycles. The van der Waals surface area contributed by atoms with E-state index in [0.29, 0.717) is 0 Å². The summed E-state index contributed by atoms with van der Waals surface area (Å²) in [7, 11) is 0. The van der Waals surface area contributed by atoms with Gasteiger partial charge >= 0.3 is 0 Å². The average Bonchev–Trinajstić information content (AvgIpc) is 2.92. The molecule has 0 saturated carbocycles. The standard InChI is InChI=1S/C7H5NS.C3H4N2/c1-2-4-7-6(3-1)8-5-9-7;1-2-4-5-3-1/h1-5H;1-3H,(H,4,5). The van der Waals surface area contributed by atoms with Crippen molar-refractivity contribution in [3.8, 4) is 0 Å². The Labute approximate surface area is 85.4 Å². The molecule has 1 N–H and O–H groups in total. The molecule has 0 unspecified atom stereocenters. The normalized spacial score (nSPS) is 9.43. The molecule has 0 spiro atoms. The third kappa shape index (κ3) is 2.17. The van der Waals surface area contributed by atoms with Crippen molar-refractivity contribution in [1.82, 2.24) is 15.2 Å². The van der Waals surface area contributed by atoms with Crippen LogP contribution in [0.5, 0.6) is 0 Å². The number of hydrogen-bond donors (Lipinski definition) is 1. The van der Waals surface area contributed by atoms with Crippen LogP contribution in [0.1, 0.15) is 0 Å². The minimum absolute atomic E-state index is 1.10. The van der Waals surface area contributed by atoms with Crippen molar-refractivity contribution >= 4 is 21.6 Å². The molecular weight excluding hydrogens is 194 g/mol. The minimum Gasteiger partial charge on any atom is -0.286 e. The summed E-state index contributed by atoms with van der Waals surface area (Å²) >= 11 is 1.68. The molecule has 4 heteroatoms. The summed E-state index contributed by atoms with van der Waals surface area (Å²) in [5.41, 5.74) is 2.97. The second kappa shape index (κ2) is 4.53. The Kier molecular flexibility index (Phi) is 2.88. The van der Waals surface area contributed by atoms with Crippen LogP contribution >= 0.6 is 11.3 Å². The predicted octanol–water partition coefficient (Wildman–Crippen LogP) is 2.71. The highest BCUT2D eigenvalue weighted by Gasteiger charge is 1.89. The van der Waals surface area contributed by atoms with Crippen molar-refractivity contribution in [2.75, 3.05) is 0 Å². The lowest BCUT2D eigenvalue weighted by Crippen LogP contribution is -1.61. The van der Waals surface area contributed by atoms with Gasteiger partial charge in [-0.3, -0.25) is 5.10 Å². The number of nitrogens with zero attached hydrogens (tertiary/aromatic N) is 2. The fraction of sp³-hybridized carbons (Fsp3) is 0. The van der Waals surface area contributed by atoms with Gasteiger partial charge in [0.1, 0.15) is 0 Å². The van der Waals surface area contributed by atoms with Crippen LogP contribution < -0.4 is 0 Å². The number of para-hydroxylation sites is 1. The first kappa shape index (κ1) is 8.90. The molecule has 0 fully saturated rings. The maximum absolute atomic E-state index is 4.14. The van der Waals surface area contributed by atoms with Crippen molar-refractivity contribution in [3.63, 3.8) is 0 Å². The topological polar surface area (TPSA) is 41.6 Å². The maximum atomic E-state index is 4.14. The Morgan fingerprint density at radius 2 is 2.07 bits per heavy atom. The fourth-order valence-corrected chi connectivity index (χ4v) is 1.70. The zero-order valence-electron chi connectivity index (χ0n) is 7.42. The van der Waals surface area contributed by atoms with E-state index < -0.39 is 0 Å². The smallest absolute Gasteiger partial charge is 0.0812 e. The van der Waals surface area contributed by atoms with Gasteiger partial charge in [0.2, 0.25) is 0 Å². The van der Waals surface area contributed by atoms with Crippen molar-refractivity contribution in [1.29, 1.82) is 0 Å². The number of hydrogen-bond acceptors (Lipinski definition) is 3. The first-order valence-electron chi connectivity index (χ1n) is 4.19. The van der Waals surface area contributed by atoms with Crippen molar-refractivity contribution in [3.05, 3.63) is 48.2 Å². The third-order valence-corrected chi connectivity index (χ3v) is 2.45. The Bertz CT molecular complexity index is 425. The Morgan fingerprint density at radius 3 is 2.71 bits per heavy atom. The summed E-state index contributed by atoms with van der Waals surface area (Å²) in [5.74, 6) is 0. The first-order valence-corrected chi connectivity index (χ1v) is 5.07. The van der Waals surface area contributed by atoms with Crippen LogP contribution in [0, 0.1) is 0 Å². The van der Waals surface area contributed by atoms with Crippen LogP contribution in [0.15, 0.2) is 48.2 Å². The van der Waals surface area contributed by atoms with E-state index in [0.717, 1.165) is 5.52 Å². The molecule has 0 aliphatic carbocycles. The second-order valence-electron chi connectivity index (χ2n) is 2.59. The summed E-state index contributed by atoms with van der Waals surface area (Å²) < 4.78 is 1.26. The number of thiazole rings is 1. The summed E-state index contributed by atoms with van der Waals surface area (Å²) in [6.07, 6.45) is 3.46. The van der Waals surface area contributed by atoms with E-state index in [1.165, 1.54) is 4.70 Å². The SMILES string of the molecule is c1ccc2scnc2c1.c1cn[nH]c1. The van der Waals surface area contributed by atoms with Crippen LogP contribution in [-0.2, 0) is 0 Å². The first-order chi connectivity index (χ1) is 6.97. The molecule has 3 aromatic rings. The molecule has 0 amide bonds. The summed E-state index contributed by atoms with van der Waals surface area (Å²) in [6, 6.07) is 9.96. The van der Waals surface area contributed by atoms with E-state index >= 15 is 0 Å². The van der Waals surface area contributed by atoms with Gasteiger partial charge in [0.05, 0.1) is 15.7 Å². The number of rotatable bonds is 0. The van der Waals surface area contributed by atoms with Crippen molar-refractivity contribution < 1.29 is 0 Å². The van der Waals surface area contributed by atoms with E-state index in [2.05, 4.69) is 21.2 Å². The molecular formula is C10H9N3S. The highest BCUT2D eigenvalue weighted by Crippen LogP contribution is 2.15. The van der Waals surface area contributed by atoms with Gasteiger partial charge in [-0.15, -0.1) is 11.3 Å². The molecule has 70 valence electrons. The molecule has 0 bridgehead atoms. The Morgan fingerprint density at radius 1 is 1.14 bits per heavy atom. The average molecular weight is 203 g/mol. The van der Waals surface area contributed by atoms with E-state index in [1.807, 2.05) is 29.8 Å². The molecule has 3 nitrogen and oxygen atoms in total. The largest absolute Gasteiger partial charge is 0.286 e. The summed E-state index contributed by atoms with van der Waals surface area (Å²) in [6.45, 7) is 0. The van der Waals surface area contributed by atoms with Gasteiger partial charge in [0.25, 0.3) is 0 Å². The van der Waals surface area contributed by atoms with Crippen molar-refractivity contribution in [2.45, 2.75) is 0 Å². The molecule has 0 atom stereocenters. The second-order valence-corrected chi connectivity index (χ2v) is 3.47. The number of aromatic nitrogens is 3. The highest BCUT2D eigenvalue weighted by molar-refractivity contribution is 7.16. The van der Waals surface area contributed by atoms with Crippen LogP contribution in [0.3, 0.4) is 0 Å². The molecule has 0 radical (unpaired) electrons. The highest BCUT2D eigenvalue weighted by atomic mass is 32.1. The molecule has 3 rings (SSSR count). The number of benzene rings is 1. The number of fused-ring (bicyclic) bond motifs is 1. The van der Waals surface area contributed by atoms with Crippen LogP contribution in [0.2, 0.25) is 0 Å². The molecule has 0 aliphatic rings. The lowest BCUT2D eigenvalue weighted by molar-refractivity contribution is 1.09. The van der Waals surface area contributed by atoms with Crippen LogP contribution in [0.4, 0.5) is 0 Å². The zero-order chi connectivity index (χ0) is 9.64. The predicted molar refractivity (Wildman–Crippen MR) is 58.2 cm³/mol.